The van der Waals surface area contributed by atoms with Gasteiger partial charge in [-0.25, -0.2) is 4.98 Å². The summed E-state index contributed by atoms with van der Waals surface area (Å²) in [4.78, 5) is 21.2. The molecule has 1 amide bonds. The monoisotopic (exact) mass is 368 g/mol. The summed E-state index contributed by atoms with van der Waals surface area (Å²) in [5.74, 6) is -0.124. The molecule has 0 radical (unpaired) electrons. The van der Waals surface area contributed by atoms with E-state index in [4.69, 9.17) is 4.74 Å². The molecule has 3 rings (SSSR count). The van der Waals surface area contributed by atoms with Crippen molar-refractivity contribution in [2.24, 2.45) is 0 Å². The largest absolute Gasteiger partial charge is 0.379 e. The molecule has 0 unspecified atom stereocenters. The molecule has 0 aliphatic carbocycles. The van der Waals surface area contributed by atoms with E-state index in [-0.39, 0.29) is 5.91 Å². The van der Waals surface area contributed by atoms with Crippen molar-refractivity contribution < 1.29 is 9.53 Å². The number of carbonyl (C=O) groups excluding carboxylic acids is 1. The van der Waals surface area contributed by atoms with Crippen LogP contribution in [0.2, 0.25) is 0 Å². The number of carbonyl (C=O) groups is 1. The van der Waals surface area contributed by atoms with Crippen LogP contribution in [0.1, 0.15) is 23.0 Å². The van der Waals surface area contributed by atoms with E-state index in [1.54, 1.807) is 12.3 Å². The van der Waals surface area contributed by atoms with Crippen LogP contribution in [0, 0.1) is 0 Å². The summed E-state index contributed by atoms with van der Waals surface area (Å²) in [6.07, 6.45) is 1.78. The lowest BCUT2D eigenvalue weighted by atomic mass is 10.2. The Kier molecular flexibility index (Phi) is 7.19. The molecule has 27 heavy (non-hydrogen) atoms. The summed E-state index contributed by atoms with van der Waals surface area (Å²) < 4.78 is 5.33. The van der Waals surface area contributed by atoms with Crippen molar-refractivity contribution in [1.82, 2.24) is 15.2 Å². The van der Waals surface area contributed by atoms with Crippen LogP contribution in [0.25, 0.3) is 0 Å². The zero-order chi connectivity index (χ0) is 18.9. The van der Waals surface area contributed by atoms with E-state index in [2.05, 4.69) is 39.2 Å². The molecule has 1 aromatic heterocycles. The smallest absolute Gasteiger partial charge is 0.269 e. The van der Waals surface area contributed by atoms with Crippen molar-refractivity contribution >= 4 is 11.6 Å². The van der Waals surface area contributed by atoms with Crippen LogP contribution in [0.3, 0.4) is 0 Å². The van der Waals surface area contributed by atoms with Crippen LogP contribution in [0.5, 0.6) is 0 Å². The van der Waals surface area contributed by atoms with Gasteiger partial charge < -0.3 is 15.0 Å². The van der Waals surface area contributed by atoms with Crippen molar-refractivity contribution in [2.45, 2.75) is 13.5 Å². The SMILES string of the molecule is CCN(Cc1ccccc1)c1ccc(C(=O)NCCN2CCOCC2)nc1. The number of nitrogens with zero attached hydrogens (tertiary/aromatic N) is 3. The Morgan fingerprint density at radius 2 is 1.96 bits per heavy atom. The third-order valence-corrected chi connectivity index (χ3v) is 4.76. The molecule has 2 heterocycles. The number of aromatic nitrogens is 1. The molecule has 0 saturated carbocycles. The van der Waals surface area contributed by atoms with E-state index in [1.807, 2.05) is 24.3 Å². The van der Waals surface area contributed by atoms with Crippen molar-refractivity contribution in [3.63, 3.8) is 0 Å². The van der Waals surface area contributed by atoms with Crippen LogP contribution in [-0.4, -0.2) is 61.7 Å². The third-order valence-electron chi connectivity index (χ3n) is 4.76. The maximum atomic E-state index is 12.3. The van der Waals surface area contributed by atoms with Gasteiger partial charge >= 0.3 is 0 Å². The lowest BCUT2D eigenvalue weighted by molar-refractivity contribution is 0.0383. The second-order valence-corrected chi connectivity index (χ2v) is 6.61. The third kappa shape index (κ3) is 5.77. The molecule has 0 atom stereocenters. The normalized spacial score (nSPS) is 14.7. The molecule has 1 N–H and O–H groups in total. The minimum atomic E-state index is -0.124. The highest BCUT2D eigenvalue weighted by Gasteiger charge is 2.12. The Bertz CT molecular complexity index is 700. The molecule has 6 heteroatoms. The van der Waals surface area contributed by atoms with E-state index in [0.717, 1.165) is 51.6 Å². The Morgan fingerprint density at radius 1 is 1.19 bits per heavy atom. The van der Waals surface area contributed by atoms with E-state index in [1.165, 1.54) is 5.56 Å². The number of rotatable bonds is 8. The van der Waals surface area contributed by atoms with E-state index in [0.29, 0.717) is 12.2 Å². The van der Waals surface area contributed by atoms with Gasteiger partial charge in [0.2, 0.25) is 0 Å². The molecule has 0 spiro atoms. The number of benzene rings is 1. The fraction of sp³-hybridized carbons (Fsp3) is 0.429. The predicted octanol–water partition coefficient (Wildman–Crippen LogP) is 2.17. The van der Waals surface area contributed by atoms with Crippen molar-refractivity contribution in [3.8, 4) is 0 Å². The Labute approximate surface area is 161 Å². The highest BCUT2D eigenvalue weighted by Crippen LogP contribution is 2.16. The number of pyridine rings is 1. The zero-order valence-electron chi connectivity index (χ0n) is 15.9. The van der Waals surface area contributed by atoms with Crippen LogP contribution in [-0.2, 0) is 11.3 Å². The van der Waals surface area contributed by atoms with Crippen LogP contribution in [0.4, 0.5) is 5.69 Å². The lowest BCUT2D eigenvalue weighted by Crippen LogP contribution is -2.41. The average molecular weight is 368 g/mol. The maximum Gasteiger partial charge on any atom is 0.269 e. The zero-order valence-corrected chi connectivity index (χ0v) is 15.9. The van der Waals surface area contributed by atoms with Gasteiger partial charge in [0.1, 0.15) is 5.69 Å². The fourth-order valence-electron chi connectivity index (χ4n) is 3.14. The second-order valence-electron chi connectivity index (χ2n) is 6.61. The molecule has 2 aromatic rings. The summed E-state index contributed by atoms with van der Waals surface area (Å²) in [6, 6.07) is 14.1. The summed E-state index contributed by atoms with van der Waals surface area (Å²) in [5.41, 5.74) is 2.73. The predicted molar refractivity (Wildman–Crippen MR) is 107 cm³/mol. The van der Waals surface area contributed by atoms with Crippen LogP contribution < -0.4 is 10.2 Å². The Hall–Kier alpha value is -2.44. The molecule has 144 valence electrons. The van der Waals surface area contributed by atoms with Crippen molar-refractivity contribution in [1.29, 1.82) is 0 Å². The summed E-state index contributed by atoms with van der Waals surface area (Å²) in [7, 11) is 0. The van der Waals surface area contributed by atoms with Gasteiger partial charge in [0, 0.05) is 39.3 Å². The maximum absolute atomic E-state index is 12.3. The Balaban J connectivity index is 1.51. The number of anilines is 1. The number of hydrogen-bond donors (Lipinski definition) is 1. The van der Waals surface area contributed by atoms with Gasteiger partial charge in [-0.2, -0.15) is 0 Å². The quantitative estimate of drug-likeness (QED) is 0.774. The van der Waals surface area contributed by atoms with Gasteiger partial charge in [0.05, 0.1) is 25.1 Å². The van der Waals surface area contributed by atoms with Gasteiger partial charge in [-0.3, -0.25) is 9.69 Å². The number of ether oxygens (including phenoxy) is 1. The number of hydrogen-bond acceptors (Lipinski definition) is 5. The van der Waals surface area contributed by atoms with Gasteiger partial charge in [-0.1, -0.05) is 30.3 Å². The topological polar surface area (TPSA) is 57.7 Å². The minimum Gasteiger partial charge on any atom is -0.379 e. The molecule has 1 aromatic carbocycles. The molecule has 0 bridgehead atoms. The number of nitrogens with one attached hydrogen (secondary N) is 1. The first-order chi connectivity index (χ1) is 13.3. The fourth-order valence-corrected chi connectivity index (χ4v) is 3.14. The van der Waals surface area contributed by atoms with Gasteiger partial charge in [-0.15, -0.1) is 0 Å². The van der Waals surface area contributed by atoms with E-state index >= 15 is 0 Å². The van der Waals surface area contributed by atoms with Crippen molar-refractivity contribution in [3.05, 3.63) is 59.9 Å². The van der Waals surface area contributed by atoms with E-state index < -0.39 is 0 Å². The Morgan fingerprint density at radius 3 is 2.63 bits per heavy atom. The number of amides is 1. The molecule has 1 saturated heterocycles. The standard InChI is InChI=1S/C21H28N4O2/c1-2-25(17-18-6-4-3-5-7-18)19-8-9-20(23-16-19)21(26)22-10-11-24-12-14-27-15-13-24/h3-9,16H,2,10-15,17H2,1H3,(H,22,26). The first-order valence-electron chi connectivity index (χ1n) is 9.59. The summed E-state index contributed by atoms with van der Waals surface area (Å²) in [5, 5.41) is 2.95. The van der Waals surface area contributed by atoms with Gasteiger partial charge in [-0.05, 0) is 24.6 Å². The lowest BCUT2D eigenvalue weighted by Gasteiger charge is -2.26. The molecule has 1 aliphatic rings. The molecular formula is C21H28N4O2. The highest BCUT2D eigenvalue weighted by molar-refractivity contribution is 5.92. The molecular weight excluding hydrogens is 340 g/mol. The van der Waals surface area contributed by atoms with Gasteiger partial charge in [0.25, 0.3) is 5.91 Å². The van der Waals surface area contributed by atoms with Crippen LogP contribution in [0.15, 0.2) is 48.7 Å². The van der Waals surface area contributed by atoms with Crippen LogP contribution >= 0.6 is 0 Å². The second kappa shape index (κ2) is 10.0. The first kappa shape index (κ1) is 19.3. The molecule has 1 aliphatic heterocycles. The number of morpholine rings is 1. The van der Waals surface area contributed by atoms with Gasteiger partial charge in [0.15, 0.2) is 0 Å². The average Bonchev–Trinajstić information content (AvgIpc) is 2.73. The minimum absolute atomic E-state index is 0.124. The molecule has 6 nitrogen and oxygen atoms in total. The summed E-state index contributed by atoms with van der Waals surface area (Å²) in [6.45, 7) is 8.68. The van der Waals surface area contributed by atoms with Crippen molar-refractivity contribution in [2.75, 3.05) is 50.8 Å². The molecule has 1 fully saturated rings. The highest BCUT2D eigenvalue weighted by atomic mass is 16.5. The summed E-state index contributed by atoms with van der Waals surface area (Å²) >= 11 is 0. The van der Waals surface area contributed by atoms with E-state index in [9.17, 15) is 4.79 Å². The first-order valence-corrected chi connectivity index (χ1v) is 9.59.